The molecule has 1 aromatic heterocycles. The maximum atomic E-state index is 13.4. The third-order valence-electron chi connectivity index (χ3n) is 5.29. The third kappa shape index (κ3) is 5.54. The molecule has 0 bridgehead atoms. The zero-order valence-corrected chi connectivity index (χ0v) is 21.1. The fourth-order valence-electron chi connectivity index (χ4n) is 3.59. The monoisotopic (exact) mass is 534 g/mol. The Morgan fingerprint density at radius 2 is 1.73 bits per heavy atom. The van der Waals surface area contributed by atoms with E-state index in [1.807, 2.05) is 44.2 Å². The Balaban J connectivity index is 2.29. The van der Waals surface area contributed by atoms with Crippen LogP contribution in [0.15, 0.2) is 73.7 Å². The van der Waals surface area contributed by atoms with Crippen molar-refractivity contribution in [2.24, 2.45) is 5.92 Å². The fourth-order valence-corrected chi connectivity index (χ4v) is 5.20. The summed E-state index contributed by atoms with van der Waals surface area (Å²) in [5, 5.41) is 11.3. The Kier molecular flexibility index (Phi) is 8.10. The number of hydrogen-bond acceptors (Lipinski definition) is 6. The van der Waals surface area contributed by atoms with Gasteiger partial charge in [-0.05, 0) is 42.2 Å². The van der Waals surface area contributed by atoms with Crippen molar-refractivity contribution in [3.05, 3.63) is 80.8 Å². The molecule has 9 heteroatoms. The molecule has 0 spiro atoms. The minimum absolute atomic E-state index is 0.107. The highest BCUT2D eigenvalue weighted by atomic mass is 79.9. The van der Waals surface area contributed by atoms with Crippen LogP contribution in [0.3, 0.4) is 0 Å². The zero-order chi connectivity index (χ0) is 24.2. The molecule has 0 fully saturated rings. The largest absolute Gasteiger partial charge is 0.493 e. The molecule has 1 heterocycles. The number of ether oxygens (including phenoxy) is 1. The van der Waals surface area contributed by atoms with Crippen molar-refractivity contribution in [2.45, 2.75) is 42.5 Å². The Morgan fingerprint density at radius 3 is 2.30 bits per heavy atom. The van der Waals surface area contributed by atoms with Crippen molar-refractivity contribution in [1.29, 1.82) is 0 Å². The summed E-state index contributed by atoms with van der Waals surface area (Å²) in [5.74, 6) is -0.00397. The van der Waals surface area contributed by atoms with Crippen LogP contribution < -0.4 is 5.56 Å². The summed E-state index contributed by atoms with van der Waals surface area (Å²) < 4.78 is 34.3. The Bertz CT molecular complexity index is 1260. The lowest BCUT2D eigenvalue weighted by atomic mass is 10.0. The summed E-state index contributed by atoms with van der Waals surface area (Å²) in [7, 11) is -2.80. The SMILES string of the molecule is COC[C@@H](c1ccccc1)n1c(CCC(C)C)nc(=O)c(S(=O)(=O)c2ccc(Br)cc2)c1O. The standard InChI is InChI=1S/C24H27BrN2O5S/c1-16(2)9-14-21-26-23(28)22(33(30,31)19-12-10-18(25)11-13-19)24(29)27(21)20(15-32-3)17-7-5-4-6-8-17/h4-8,10-13,16,20,29H,9,14-15H2,1-3H3/t20-/m0/s1. The number of aromatic hydroxyl groups is 1. The first-order chi connectivity index (χ1) is 15.7. The molecule has 0 saturated heterocycles. The molecule has 0 aliphatic rings. The van der Waals surface area contributed by atoms with Gasteiger partial charge in [0.25, 0.3) is 5.56 Å². The van der Waals surface area contributed by atoms with E-state index in [0.717, 1.165) is 5.56 Å². The van der Waals surface area contributed by atoms with Gasteiger partial charge in [0.05, 0.1) is 17.5 Å². The zero-order valence-electron chi connectivity index (χ0n) is 18.7. The van der Waals surface area contributed by atoms with Gasteiger partial charge in [0.1, 0.15) is 5.82 Å². The van der Waals surface area contributed by atoms with Gasteiger partial charge in [0.15, 0.2) is 4.90 Å². The van der Waals surface area contributed by atoms with E-state index < -0.39 is 32.2 Å². The first-order valence-corrected chi connectivity index (χ1v) is 12.8. The van der Waals surface area contributed by atoms with Crippen LogP contribution in [0.5, 0.6) is 5.88 Å². The van der Waals surface area contributed by atoms with Crippen LogP contribution in [0.4, 0.5) is 0 Å². The average Bonchev–Trinajstić information content (AvgIpc) is 2.77. The number of rotatable bonds is 9. The molecule has 3 aromatic rings. The lowest BCUT2D eigenvalue weighted by Gasteiger charge is -2.26. The predicted molar refractivity (Wildman–Crippen MR) is 129 cm³/mol. The summed E-state index contributed by atoms with van der Waals surface area (Å²) in [5.41, 5.74) is -0.187. The van der Waals surface area contributed by atoms with E-state index in [0.29, 0.717) is 29.1 Å². The molecular weight excluding hydrogens is 508 g/mol. The molecule has 176 valence electrons. The molecule has 3 rings (SSSR count). The van der Waals surface area contributed by atoms with Gasteiger partial charge in [0, 0.05) is 18.0 Å². The molecular formula is C24H27BrN2O5S. The van der Waals surface area contributed by atoms with Crippen molar-refractivity contribution in [1.82, 2.24) is 9.55 Å². The highest BCUT2D eigenvalue weighted by Gasteiger charge is 2.32. The average molecular weight is 535 g/mol. The van der Waals surface area contributed by atoms with Crippen LogP contribution in [-0.2, 0) is 21.0 Å². The number of nitrogens with zero attached hydrogens (tertiary/aromatic N) is 2. The molecule has 1 N–H and O–H groups in total. The van der Waals surface area contributed by atoms with E-state index in [1.165, 1.54) is 23.8 Å². The Labute approximate surface area is 202 Å². The number of methoxy groups -OCH3 is 1. The van der Waals surface area contributed by atoms with Gasteiger partial charge in [-0.1, -0.05) is 60.1 Å². The summed E-state index contributed by atoms with van der Waals surface area (Å²) in [6.07, 6.45) is 1.10. The number of aromatic nitrogens is 2. The molecule has 7 nitrogen and oxygen atoms in total. The van der Waals surface area contributed by atoms with Crippen molar-refractivity contribution < 1.29 is 18.3 Å². The number of halogens is 1. The van der Waals surface area contributed by atoms with Crippen LogP contribution in [0.2, 0.25) is 0 Å². The molecule has 0 radical (unpaired) electrons. The van der Waals surface area contributed by atoms with E-state index in [9.17, 15) is 18.3 Å². The summed E-state index contributed by atoms with van der Waals surface area (Å²) in [6.45, 7) is 4.23. The van der Waals surface area contributed by atoms with Crippen LogP contribution in [0.1, 0.15) is 37.7 Å². The van der Waals surface area contributed by atoms with Gasteiger partial charge in [0.2, 0.25) is 15.7 Å². The van der Waals surface area contributed by atoms with Crippen molar-refractivity contribution in [2.75, 3.05) is 13.7 Å². The summed E-state index contributed by atoms with van der Waals surface area (Å²) in [4.78, 5) is 16.3. The fraction of sp³-hybridized carbons (Fsp3) is 0.333. The summed E-state index contributed by atoms with van der Waals surface area (Å²) >= 11 is 3.27. The van der Waals surface area contributed by atoms with E-state index in [-0.39, 0.29) is 11.5 Å². The lowest BCUT2D eigenvalue weighted by Crippen LogP contribution is -2.29. The molecule has 33 heavy (non-hydrogen) atoms. The maximum Gasteiger partial charge on any atom is 0.296 e. The second-order valence-corrected chi connectivity index (χ2v) is 10.9. The molecule has 0 aliphatic heterocycles. The minimum Gasteiger partial charge on any atom is -0.493 e. The molecule has 0 unspecified atom stereocenters. The molecule has 1 atom stereocenters. The molecule has 0 amide bonds. The Hall–Kier alpha value is -2.49. The molecule has 2 aromatic carbocycles. The number of benzene rings is 2. The first-order valence-electron chi connectivity index (χ1n) is 10.6. The van der Waals surface area contributed by atoms with Crippen molar-refractivity contribution in [3.8, 4) is 5.88 Å². The second-order valence-electron chi connectivity index (χ2n) is 8.13. The maximum absolute atomic E-state index is 13.4. The highest BCUT2D eigenvalue weighted by molar-refractivity contribution is 9.10. The minimum atomic E-state index is -4.33. The van der Waals surface area contributed by atoms with Gasteiger partial charge < -0.3 is 9.84 Å². The van der Waals surface area contributed by atoms with Crippen LogP contribution >= 0.6 is 15.9 Å². The number of sulfone groups is 1. The third-order valence-corrected chi connectivity index (χ3v) is 7.61. The summed E-state index contributed by atoms with van der Waals surface area (Å²) in [6, 6.07) is 14.6. The van der Waals surface area contributed by atoms with Crippen LogP contribution in [0, 0.1) is 5.92 Å². The topological polar surface area (TPSA) is 98.5 Å². The Morgan fingerprint density at radius 1 is 1.09 bits per heavy atom. The lowest BCUT2D eigenvalue weighted by molar-refractivity contribution is 0.161. The number of aryl methyl sites for hydroxylation is 1. The number of hydrogen-bond donors (Lipinski definition) is 1. The first kappa shape index (κ1) is 25.1. The normalized spacial score (nSPS) is 12.8. The van der Waals surface area contributed by atoms with E-state index in [4.69, 9.17) is 4.74 Å². The molecule has 0 aliphatic carbocycles. The van der Waals surface area contributed by atoms with Crippen molar-refractivity contribution >= 4 is 25.8 Å². The van der Waals surface area contributed by atoms with Gasteiger partial charge >= 0.3 is 0 Å². The van der Waals surface area contributed by atoms with Gasteiger partial charge in [-0.3, -0.25) is 9.36 Å². The second kappa shape index (κ2) is 10.6. The quantitative estimate of drug-likeness (QED) is 0.437. The van der Waals surface area contributed by atoms with Gasteiger partial charge in [-0.2, -0.15) is 4.98 Å². The van der Waals surface area contributed by atoms with Gasteiger partial charge in [-0.25, -0.2) is 8.42 Å². The van der Waals surface area contributed by atoms with E-state index in [1.54, 1.807) is 12.1 Å². The van der Waals surface area contributed by atoms with E-state index >= 15 is 0 Å². The van der Waals surface area contributed by atoms with Crippen LogP contribution in [-0.4, -0.2) is 36.8 Å². The van der Waals surface area contributed by atoms with Gasteiger partial charge in [-0.15, -0.1) is 0 Å². The highest BCUT2D eigenvalue weighted by Crippen LogP contribution is 2.32. The van der Waals surface area contributed by atoms with Crippen molar-refractivity contribution in [3.63, 3.8) is 0 Å². The smallest absolute Gasteiger partial charge is 0.296 e. The van der Waals surface area contributed by atoms with Crippen LogP contribution in [0.25, 0.3) is 0 Å². The van der Waals surface area contributed by atoms with E-state index in [2.05, 4.69) is 20.9 Å². The molecule has 0 saturated carbocycles. The predicted octanol–water partition coefficient (Wildman–Crippen LogP) is 4.37.